The number of rotatable bonds is 3. The molecule has 1 saturated carbocycles. The molecule has 1 saturated heterocycles. The molecule has 1 aromatic rings. The molecule has 2 heterocycles. The zero-order valence-electron chi connectivity index (χ0n) is 13.0. The molecule has 1 amide bonds. The maximum Gasteiger partial charge on any atom is 0.224 e. The molecule has 2 aliphatic rings. The first-order chi connectivity index (χ1) is 9.57. The molecule has 0 spiro atoms. The number of likely N-dealkylation sites (tertiary alicyclic amines) is 1. The molecule has 1 aliphatic carbocycles. The van der Waals surface area contributed by atoms with Crippen LogP contribution in [0.5, 0.6) is 0 Å². The van der Waals surface area contributed by atoms with Gasteiger partial charge in [-0.3, -0.25) is 9.48 Å². The van der Waals surface area contributed by atoms with Gasteiger partial charge in [-0.2, -0.15) is 5.10 Å². The highest BCUT2D eigenvalue weighted by atomic mass is 35.5. The van der Waals surface area contributed by atoms with Gasteiger partial charge in [-0.1, -0.05) is 0 Å². The molecule has 1 aromatic heterocycles. The lowest BCUT2D eigenvalue weighted by atomic mass is 9.75. The predicted molar refractivity (Wildman–Crippen MR) is 91.6 cm³/mol. The molecule has 7 heteroatoms. The number of aromatic nitrogens is 2. The van der Waals surface area contributed by atoms with Gasteiger partial charge >= 0.3 is 0 Å². The van der Waals surface area contributed by atoms with Gasteiger partial charge in [0.05, 0.1) is 0 Å². The molecule has 22 heavy (non-hydrogen) atoms. The summed E-state index contributed by atoms with van der Waals surface area (Å²) in [7, 11) is 1.99. The number of nitrogens with two attached hydrogens (primary N) is 1. The quantitative estimate of drug-likeness (QED) is 0.910. The number of amides is 1. The van der Waals surface area contributed by atoms with E-state index in [-0.39, 0.29) is 36.3 Å². The van der Waals surface area contributed by atoms with E-state index in [2.05, 4.69) is 11.2 Å². The summed E-state index contributed by atoms with van der Waals surface area (Å²) in [5, 5.41) is 4.23. The first-order valence-corrected chi connectivity index (χ1v) is 7.62. The largest absolute Gasteiger partial charge is 0.343 e. The summed E-state index contributed by atoms with van der Waals surface area (Å²) in [4.78, 5) is 14.3. The topological polar surface area (TPSA) is 64.2 Å². The van der Waals surface area contributed by atoms with Crippen LogP contribution in [0.2, 0.25) is 0 Å². The number of carbonyl (C=O) groups is 1. The standard InChI is InChI=1S/C15H24N4O.2ClH/c1-18-13(3-8-17-18)12-4-9-19(10-5-12)14(20)11-15(16)6-2-7-15;;/h3,8,12H,2,4-7,9-11,16H2,1H3;2*1H. The first kappa shape index (κ1) is 19.3. The molecule has 1 aliphatic heterocycles. The van der Waals surface area contributed by atoms with Gasteiger partial charge in [0, 0.05) is 49.9 Å². The Balaban J connectivity index is 0.00000121. The number of halogens is 2. The minimum absolute atomic E-state index is 0. The summed E-state index contributed by atoms with van der Waals surface area (Å²) in [6.07, 6.45) is 7.62. The molecule has 2 fully saturated rings. The predicted octanol–water partition coefficient (Wildman–Crippen LogP) is 2.24. The van der Waals surface area contributed by atoms with Gasteiger partial charge in [-0.25, -0.2) is 0 Å². The van der Waals surface area contributed by atoms with Gasteiger partial charge < -0.3 is 10.6 Å². The highest BCUT2D eigenvalue weighted by molar-refractivity contribution is 5.85. The first-order valence-electron chi connectivity index (χ1n) is 7.62. The Morgan fingerprint density at radius 1 is 1.36 bits per heavy atom. The van der Waals surface area contributed by atoms with Crippen LogP contribution in [0, 0.1) is 0 Å². The van der Waals surface area contributed by atoms with E-state index < -0.39 is 0 Å². The second kappa shape index (κ2) is 7.66. The van der Waals surface area contributed by atoms with E-state index in [0.717, 1.165) is 38.8 Å². The van der Waals surface area contributed by atoms with Crippen LogP contribution in [0.25, 0.3) is 0 Å². The minimum atomic E-state index is -0.198. The van der Waals surface area contributed by atoms with Crippen LogP contribution in [0.15, 0.2) is 12.3 Å². The van der Waals surface area contributed by atoms with Gasteiger partial charge in [0.1, 0.15) is 0 Å². The molecular weight excluding hydrogens is 323 g/mol. The third-order valence-electron chi connectivity index (χ3n) is 4.98. The monoisotopic (exact) mass is 348 g/mol. The van der Waals surface area contributed by atoms with Crippen LogP contribution < -0.4 is 5.73 Å². The normalized spacial score (nSPS) is 20.5. The summed E-state index contributed by atoms with van der Waals surface area (Å²) >= 11 is 0. The second-order valence-electron chi connectivity index (χ2n) is 6.43. The van der Waals surface area contributed by atoms with Crippen molar-refractivity contribution >= 4 is 30.7 Å². The second-order valence-corrected chi connectivity index (χ2v) is 6.43. The van der Waals surface area contributed by atoms with E-state index in [1.807, 2.05) is 22.8 Å². The fraction of sp³-hybridized carbons (Fsp3) is 0.733. The molecular formula is C15H26Cl2N4O. The summed E-state index contributed by atoms with van der Waals surface area (Å²) in [6, 6.07) is 2.09. The molecule has 0 aromatic carbocycles. The van der Waals surface area contributed by atoms with E-state index in [9.17, 15) is 4.79 Å². The van der Waals surface area contributed by atoms with Gasteiger partial charge in [0.2, 0.25) is 5.91 Å². The van der Waals surface area contributed by atoms with Crippen molar-refractivity contribution in [2.75, 3.05) is 13.1 Å². The third-order valence-corrected chi connectivity index (χ3v) is 4.98. The van der Waals surface area contributed by atoms with Crippen molar-refractivity contribution in [3.63, 3.8) is 0 Å². The van der Waals surface area contributed by atoms with E-state index in [0.29, 0.717) is 12.3 Å². The Kier molecular flexibility index (Phi) is 6.71. The van der Waals surface area contributed by atoms with Crippen LogP contribution in [-0.2, 0) is 11.8 Å². The van der Waals surface area contributed by atoms with Gasteiger partial charge in [-0.15, -0.1) is 24.8 Å². The zero-order chi connectivity index (χ0) is 14.2. The van der Waals surface area contributed by atoms with E-state index in [1.54, 1.807) is 0 Å². The smallest absolute Gasteiger partial charge is 0.224 e. The third kappa shape index (κ3) is 3.94. The van der Waals surface area contributed by atoms with E-state index >= 15 is 0 Å². The lowest BCUT2D eigenvalue weighted by molar-refractivity contribution is -0.134. The highest BCUT2D eigenvalue weighted by Crippen LogP contribution is 2.34. The number of aryl methyl sites for hydroxylation is 1. The van der Waals surface area contributed by atoms with Crippen molar-refractivity contribution in [2.24, 2.45) is 12.8 Å². The molecule has 126 valence electrons. The molecule has 0 atom stereocenters. The van der Waals surface area contributed by atoms with Crippen LogP contribution in [0.4, 0.5) is 0 Å². The lowest BCUT2D eigenvalue weighted by Crippen LogP contribution is -2.51. The number of hydrogen-bond acceptors (Lipinski definition) is 3. The zero-order valence-corrected chi connectivity index (χ0v) is 14.7. The number of piperidine rings is 1. The van der Waals surface area contributed by atoms with E-state index in [1.165, 1.54) is 12.1 Å². The van der Waals surface area contributed by atoms with Crippen molar-refractivity contribution in [1.29, 1.82) is 0 Å². The average Bonchev–Trinajstić information content (AvgIpc) is 2.83. The lowest BCUT2D eigenvalue weighted by Gasteiger charge is -2.40. The molecule has 3 rings (SSSR count). The molecule has 0 bridgehead atoms. The Hall–Kier alpha value is -0.780. The van der Waals surface area contributed by atoms with Gasteiger partial charge in [0.25, 0.3) is 0 Å². The van der Waals surface area contributed by atoms with Crippen LogP contribution in [0.1, 0.15) is 50.1 Å². The summed E-state index contributed by atoms with van der Waals surface area (Å²) in [6.45, 7) is 1.70. The van der Waals surface area contributed by atoms with Gasteiger partial charge in [-0.05, 0) is 38.2 Å². The fourth-order valence-corrected chi connectivity index (χ4v) is 3.43. The fourth-order valence-electron chi connectivity index (χ4n) is 3.43. The summed E-state index contributed by atoms with van der Waals surface area (Å²) < 4.78 is 1.95. The van der Waals surface area contributed by atoms with Crippen LogP contribution in [-0.4, -0.2) is 39.2 Å². The Morgan fingerprint density at radius 2 is 2.00 bits per heavy atom. The Morgan fingerprint density at radius 3 is 2.45 bits per heavy atom. The maximum atomic E-state index is 12.3. The Bertz CT molecular complexity index is 493. The molecule has 2 N–H and O–H groups in total. The summed E-state index contributed by atoms with van der Waals surface area (Å²) in [5.74, 6) is 0.776. The minimum Gasteiger partial charge on any atom is -0.343 e. The van der Waals surface area contributed by atoms with Gasteiger partial charge in [0.15, 0.2) is 0 Å². The van der Waals surface area contributed by atoms with Crippen molar-refractivity contribution in [3.05, 3.63) is 18.0 Å². The average molecular weight is 349 g/mol. The van der Waals surface area contributed by atoms with Crippen molar-refractivity contribution in [1.82, 2.24) is 14.7 Å². The number of hydrogen-bond donors (Lipinski definition) is 1. The van der Waals surface area contributed by atoms with Crippen LogP contribution in [0.3, 0.4) is 0 Å². The SMILES string of the molecule is Cl.Cl.Cn1nccc1C1CCN(C(=O)CC2(N)CCC2)CC1. The number of nitrogens with zero attached hydrogens (tertiary/aromatic N) is 3. The van der Waals surface area contributed by atoms with Crippen LogP contribution >= 0.6 is 24.8 Å². The molecule has 0 radical (unpaired) electrons. The van der Waals surface area contributed by atoms with Crippen molar-refractivity contribution in [3.8, 4) is 0 Å². The molecule has 0 unspecified atom stereocenters. The van der Waals surface area contributed by atoms with Crippen molar-refractivity contribution < 1.29 is 4.79 Å². The Labute approximate surface area is 144 Å². The highest BCUT2D eigenvalue weighted by Gasteiger charge is 2.36. The molecule has 5 nitrogen and oxygen atoms in total. The number of carbonyl (C=O) groups excluding carboxylic acids is 1. The van der Waals surface area contributed by atoms with E-state index in [4.69, 9.17) is 5.73 Å². The maximum absolute atomic E-state index is 12.3. The van der Waals surface area contributed by atoms with Crippen molar-refractivity contribution in [2.45, 2.75) is 50.0 Å². The summed E-state index contributed by atoms with van der Waals surface area (Å²) in [5.41, 5.74) is 7.26.